The van der Waals surface area contributed by atoms with Gasteiger partial charge < -0.3 is 0 Å². The van der Waals surface area contributed by atoms with Gasteiger partial charge in [0.1, 0.15) is 4.90 Å². The van der Waals surface area contributed by atoms with Gasteiger partial charge >= 0.3 is 0 Å². The third-order valence-corrected chi connectivity index (χ3v) is 5.10. The van der Waals surface area contributed by atoms with Crippen LogP contribution in [0.5, 0.6) is 0 Å². The fourth-order valence-corrected chi connectivity index (χ4v) is 3.55. The van der Waals surface area contributed by atoms with Crippen molar-refractivity contribution in [3.63, 3.8) is 0 Å². The second-order valence-corrected chi connectivity index (χ2v) is 6.64. The number of sulfonamides is 1. The van der Waals surface area contributed by atoms with E-state index in [1.165, 1.54) is 23.1 Å². The molecular weight excluding hydrogens is 274 g/mol. The van der Waals surface area contributed by atoms with Crippen molar-refractivity contribution in [3.05, 3.63) is 17.7 Å². The highest BCUT2D eigenvalue weighted by Gasteiger charge is 2.25. The minimum absolute atomic E-state index is 0.0571. The van der Waals surface area contributed by atoms with Gasteiger partial charge in [-0.25, -0.2) is 18.4 Å². The summed E-state index contributed by atoms with van der Waals surface area (Å²) in [4.78, 5) is 7.58. The van der Waals surface area contributed by atoms with Gasteiger partial charge in [0.05, 0.1) is 12.4 Å². The fourth-order valence-electron chi connectivity index (χ4n) is 2.04. The van der Waals surface area contributed by atoms with Crippen LogP contribution in [-0.4, -0.2) is 35.8 Å². The van der Waals surface area contributed by atoms with E-state index in [4.69, 9.17) is 11.6 Å². The molecular formula is C11H16ClN3O2S. The SMILES string of the molecule is O=S(=O)(c1cnc(Cl)nc1)N1CCCCCCC1. The van der Waals surface area contributed by atoms with E-state index in [1.807, 2.05) is 0 Å². The van der Waals surface area contributed by atoms with Gasteiger partial charge in [-0.05, 0) is 24.4 Å². The molecule has 0 N–H and O–H groups in total. The van der Waals surface area contributed by atoms with E-state index < -0.39 is 10.0 Å². The molecule has 0 atom stereocenters. The lowest BCUT2D eigenvalue weighted by molar-refractivity contribution is 0.364. The third kappa shape index (κ3) is 3.18. The first-order valence-corrected chi connectivity index (χ1v) is 7.90. The Balaban J connectivity index is 2.20. The van der Waals surface area contributed by atoms with E-state index in [0.29, 0.717) is 13.1 Å². The van der Waals surface area contributed by atoms with Crippen LogP contribution >= 0.6 is 11.6 Å². The van der Waals surface area contributed by atoms with Crippen molar-refractivity contribution in [2.75, 3.05) is 13.1 Å². The fraction of sp³-hybridized carbons (Fsp3) is 0.636. The Hall–Kier alpha value is -0.720. The molecule has 0 unspecified atom stereocenters. The maximum absolute atomic E-state index is 12.4. The van der Waals surface area contributed by atoms with E-state index in [9.17, 15) is 8.42 Å². The third-order valence-electron chi connectivity index (χ3n) is 3.05. The molecule has 0 saturated carbocycles. The first kappa shape index (κ1) is 13.7. The Morgan fingerprint density at radius 3 is 2.06 bits per heavy atom. The predicted octanol–water partition coefficient (Wildman–Crippen LogP) is 2.08. The average Bonchev–Trinajstić information content (AvgIpc) is 2.28. The van der Waals surface area contributed by atoms with Gasteiger partial charge in [-0.2, -0.15) is 4.31 Å². The quantitative estimate of drug-likeness (QED) is 0.782. The van der Waals surface area contributed by atoms with Gasteiger partial charge in [0.15, 0.2) is 0 Å². The normalized spacial score (nSPS) is 19.2. The number of hydrogen-bond donors (Lipinski definition) is 0. The lowest BCUT2D eigenvalue weighted by atomic mass is 10.1. The van der Waals surface area contributed by atoms with Crippen LogP contribution in [0.25, 0.3) is 0 Å². The van der Waals surface area contributed by atoms with E-state index in [1.54, 1.807) is 0 Å². The van der Waals surface area contributed by atoms with Crippen LogP contribution in [0.3, 0.4) is 0 Å². The molecule has 0 bridgehead atoms. The van der Waals surface area contributed by atoms with Crippen LogP contribution in [0.1, 0.15) is 32.1 Å². The molecule has 100 valence electrons. The van der Waals surface area contributed by atoms with Crippen molar-refractivity contribution in [1.29, 1.82) is 0 Å². The highest BCUT2D eigenvalue weighted by atomic mass is 35.5. The molecule has 0 radical (unpaired) electrons. The summed E-state index contributed by atoms with van der Waals surface area (Å²) in [5.41, 5.74) is 0. The number of halogens is 1. The van der Waals surface area contributed by atoms with Gasteiger partial charge in [0.25, 0.3) is 0 Å². The van der Waals surface area contributed by atoms with E-state index in [0.717, 1.165) is 25.7 Å². The van der Waals surface area contributed by atoms with E-state index in [-0.39, 0.29) is 10.2 Å². The summed E-state index contributed by atoms with van der Waals surface area (Å²) >= 11 is 5.56. The Labute approximate surface area is 112 Å². The molecule has 1 aliphatic heterocycles. The first-order valence-electron chi connectivity index (χ1n) is 6.08. The summed E-state index contributed by atoms with van der Waals surface area (Å²) in [6.07, 6.45) is 7.72. The first-order chi connectivity index (χ1) is 8.60. The van der Waals surface area contributed by atoms with Gasteiger partial charge in [-0.1, -0.05) is 19.3 Å². The molecule has 1 aromatic heterocycles. The van der Waals surface area contributed by atoms with Gasteiger partial charge in [-0.3, -0.25) is 0 Å². The summed E-state index contributed by atoms with van der Waals surface area (Å²) in [5, 5.41) is 0.0571. The zero-order chi connectivity index (χ0) is 13.0. The molecule has 1 aliphatic rings. The topological polar surface area (TPSA) is 63.2 Å². The van der Waals surface area contributed by atoms with Crippen LogP contribution in [0.4, 0.5) is 0 Å². The Kier molecular flexibility index (Phi) is 4.53. The van der Waals surface area contributed by atoms with Crippen LogP contribution in [-0.2, 0) is 10.0 Å². The number of nitrogens with zero attached hydrogens (tertiary/aromatic N) is 3. The number of rotatable bonds is 2. The molecule has 0 spiro atoms. The molecule has 1 saturated heterocycles. The molecule has 2 rings (SSSR count). The molecule has 0 amide bonds. The van der Waals surface area contributed by atoms with Crippen molar-refractivity contribution < 1.29 is 8.42 Å². The van der Waals surface area contributed by atoms with Crippen LogP contribution in [0.2, 0.25) is 5.28 Å². The second-order valence-electron chi connectivity index (χ2n) is 4.36. The van der Waals surface area contributed by atoms with Crippen molar-refractivity contribution in [2.45, 2.75) is 37.0 Å². The smallest absolute Gasteiger partial charge is 0.225 e. The van der Waals surface area contributed by atoms with Crippen LogP contribution in [0, 0.1) is 0 Å². The average molecular weight is 290 g/mol. The molecule has 18 heavy (non-hydrogen) atoms. The Bertz CT molecular complexity index is 482. The zero-order valence-corrected chi connectivity index (χ0v) is 11.6. The summed E-state index contributed by atoms with van der Waals surface area (Å²) < 4.78 is 26.3. The van der Waals surface area contributed by atoms with Crippen LogP contribution in [0.15, 0.2) is 17.3 Å². The van der Waals surface area contributed by atoms with Gasteiger partial charge in [0.2, 0.25) is 15.3 Å². The van der Waals surface area contributed by atoms with Gasteiger partial charge in [-0.15, -0.1) is 0 Å². The standard InChI is InChI=1S/C11H16ClN3O2S/c12-11-13-8-10(9-14-11)18(16,17)15-6-4-2-1-3-5-7-15/h8-9H,1-7H2. The maximum atomic E-state index is 12.4. The predicted molar refractivity (Wildman–Crippen MR) is 68.9 cm³/mol. The summed E-state index contributed by atoms with van der Waals surface area (Å²) in [7, 11) is -3.47. The number of hydrogen-bond acceptors (Lipinski definition) is 4. The van der Waals surface area contributed by atoms with Crippen LogP contribution < -0.4 is 0 Å². The van der Waals surface area contributed by atoms with E-state index >= 15 is 0 Å². The van der Waals surface area contributed by atoms with E-state index in [2.05, 4.69) is 9.97 Å². The Morgan fingerprint density at radius 1 is 1.00 bits per heavy atom. The lowest BCUT2D eigenvalue weighted by Crippen LogP contribution is -2.34. The van der Waals surface area contributed by atoms with Crippen molar-refractivity contribution in [2.24, 2.45) is 0 Å². The summed E-state index contributed by atoms with van der Waals surface area (Å²) in [6.45, 7) is 1.15. The molecule has 2 heterocycles. The Morgan fingerprint density at radius 2 is 1.50 bits per heavy atom. The summed E-state index contributed by atoms with van der Waals surface area (Å²) in [6, 6.07) is 0. The van der Waals surface area contributed by atoms with Gasteiger partial charge in [0, 0.05) is 13.1 Å². The second kappa shape index (κ2) is 5.95. The highest BCUT2D eigenvalue weighted by Crippen LogP contribution is 2.19. The molecule has 5 nitrogen and oxygen atoms in total. The maximum Gasteiger partial charge on any atom is 0.246 e. The monoisotopic (exact) mass is 289 g/mol. The molecule has 7 heteroatoms. The minimum atomic E-state index is -3.47. The lowest BCUT2D eigenvalue weighted by Gasteiger charge is -2.23. The highest BCUT2D eigenvalue weighted by molar-refractivity contribution is 7.89. The van der Waals surface area contributed by atoms with Crippen molar-refractivity contribution >= 4 is 21.6 Å². The molecule has 1 aromatic rings. The largest absolute Gasteiger partial charge is 0.246 e. The molecule has 0 aromatic carbocycles. The number of aromatic nitrogens is 2. The van der Waals surface area contributed by atoms with Crippen molar-refractivity contribution in [1.82, 2.24) is 14.3 Å². The van der Waals surface area contributed by atoms with Crippen molar-refractivity contribution in [3.8, 4) is 0 Å². The zero-order valence-electron chi connectivity index (χ0n) is 10.0. The molecule has 0 aliphatic carbocycles. The molecule has 1 fully saturated rings. The summed E-state index contributed by atoms with van der Waals surface area (Å²) in [5.74, 6) is 0. The minimum Gasteiger partial charge on any atom is -0.225 e.